The van der Waals surface area contributed by atoms with Crippen LogP contribution in [0.15, 0.2) is 18.2 Å². The molecule has 1 saturated heterocycles. The van der Waals surface area contributed by atoms with Gasteiger partial charge in [0.15, 0.2) is 0 Å². The normalized spacial score (nSPS) is 19.7. The molecule has 0 spiro atoms. The molecule has 1 heterocycles. The minimum absolute atomic E-state index is 0.165. The lowest BCUT2D eigenvalue weighted by Crippen LogP contribution is -2.33. The van der Waals surface area contributed by atoms with E-state index in [9.17, 15) is 8.78 Å². The van der Waals surface area contributed by atoms with E-state index in [1.807, 2.05) is 6.92 Å². The molecule has 1 fully saturated rings. The first-order chi connectivity index (χ1) is 7.70. The molecule has 1 atom stereocenters. The summed E-state index contributed by atoms with van der Waals surface area (Å²) in [6.07, 6.45) is 3.48. The molecule has 0 bridgehead atoms. The summed E-state index contributed by atoms with van der Waals surface area (Å²) < 4.78 is 27.2. The van der Waals surface area contributed by atoms with Crippen LogP contribution in [0.25, 0.3) is 0 Å². The Morgan fingerprint density at radius 1 is 1.06 bits per heavy atom. The monoisotopic (exact) mass is 225 g/mol. The van der Waals surface area contributed by atoms with Gasteiger partial charge in [0.25, 0.3) is 0 Å². The zero-order chi connectivity index (χ0) is 11.5. The second-order valence-corrected chi connectivity index (χ2v) is 4.41. The van der Waals surface area contributed by atoms with E-state index < -0.39 is 11.6 Å². The van der Waals surface area contributed by atoms with E-state index in [2.05, 4.69) is 4.90 Å². The van der Waals surface area contributed by atoms with E-state index in [0.717, 1.165) is 25.9 Å². The molecule has 88 valence electrons. The van der Waals surface area contributed by atoms with Crippen molar-refractivity contribution >= 4 is 0 Å². The second-order valence-electron chi connectivity index (χ2n) is 4.41. The maximum Gasteiger partial charge on any atom is 0.130 e. The molecule has 1 aromatic rings. The average Bonchev–Trinajstić information content (AvgIpc) is 2.30. The van der Waals surface area contributed by atoms with Crippen LogP contribution in [0, 0.1) is 11.6 Å². The molecule has 1 aromatic carbocycles. The summed E-state index contributed by atoms with van der Waals surface area (Å²) in [6.45, 7) is 3.76. The molecule has 2 rings (SSSR count). The van der Waals surface area contributed by atoms with Crippen LogP contribution >= 0.6 is 0 Å². The number of rotatable bonds is 2. The zero-order valence-corrected chi connectivity index (χ0v) is 9.55. The van der Waals surface area contributed by atoms with Gasteiger partial charge in [-0.15, -0.1) is 0 Å². The zero-order valence-electron chi connectivity index (χ0n) is 9.55. The van der Waals surface area contributed by atoms with Crippen molar-refractivity contribution in [1.82, 2.24) is 4.90 Å². The highest BCUT2D eigenvalue weighted by Gasteiger charge is 2.23. The molecule has 3 heteroatoms. The summed E-state index contributed by atoms with van der Waals surface area (Å²) >= 11 is 0. The first-order valence-corrected chi connectivity index (χ1v) is 5.88. The van der Waals surface area contributed by atoms with Crippen LogP contribution in [0.2, 0.25) is 0 Å². The third-order valence-corrected chi connectivity index (χ3v) is 3.36. The number of likely N-dealkylation sites (tertiary alicyclic amines) is 1. The Labute approximate surface area is 95.1 Å². The molecule has 1 aliphatic heterocycles. The van der Waals surface area contributed by atoms with Crippen molar-refractivity contribution in [2.45, 2.75) is 32.2 Å². The Morgan fingerprint density at radius 2 is 1.62 bits per heavy atom. The molecule has 0 radical (unpaired) electrons. The first-order valence-electron chi connectivity index (χ1n) is 5.88. The fraction of sp³-hybridized carbons (Fsp3) is 0.538. The topological polar surface area (TPSA) is 3.24 Å². The predicted molar refractivity (Wildman–Crippen MR) is 60.2 cm³/mol. The smallest absolute Gasteiger partial charge is 0.130 e. The highest BCUT2D eigenvalue weighted by molar-refractivity contribution is 5.23. The van der Waals surface area contributed by atoms with Crippen LogP contribution in [0.4, 0.5) is 8.78 Å². The Morgan fingerprint density at radius 3 is 2.19 bits per heavy atom. The number of hydrogen-bond donors (Lipinski definition) is 0. The number of nitrogens with zero attached hydrogens (tertiary/aromatic N) is 1. The minimum atomic E-state index is -0.432. The molecule has 1 aliphatic rings. The van der Waals surface area contributed by atoms with Crippen LogP contribution < -0.4 is 0 Å². The lowest BCUT2D eigenvalue weighted by Gasteiger charge is -2.32. The van der Waals surface area contributed by atoms with Crippen molar-refractivity contribution in [2.75, 3.05) is 13.1 Å². The van der Waals surface area contributed by atoms with Gasteiger partial charge in [-0.05, 0) is 45.0 Å². The molecular formula is C13H17F2N. The van der Waals surface area contributed by atoms with Gasteiger partial charge >= 0.3 is 0 Å². The van der Waals surface area contributed by atoms with Crippen LogP contribution in [0.1, 0.15) is 37.8 Å². The van der Waals surface area contributed by atoms with Crippen molar-refractivity contribution in [3.05, 3.63) is 35.4 Å². The Hall–Kier alpha value is -0.960. The van der Waals surface area contributed by atoms with Crippen LogP contribution in [-0.4, -0.2) is 18.0 Å². The van der Waals surface area contributed by atoms with Crippen LogP contribution in [0.5, 0.6) is 0 Å². The molecule has 1 nitrogen and oxygen atoms in total. The third kappa shape index (κ3) is 2.24. The van der Waals surface area contributed by atoms with Crippen molar-refractivity contribution in [3.63, 3.8) is 0 Å². The minimum Gasteiger partial charge on any atom is -0.296 e. The van der Waals surface area contributed by atoms with Gasteiger partial charge in [-0.3, -0.25) is 4.90 Å². The van der Waals surface area contributed by atoms with Gasteiger partial charge in [0.2, 0.25) is 0 Å². The molecule has 16 heavy (non-hydrogen) atoms. The molecule has 0 aliphatic carbocycles. The first kappa shape index (κ1) is 11.5. The summed E-state index contributed by atoms with van der Waals surface area (Å²) in [7, 11) is 0. The molecule has 1 unspecified atom stereocenters. The lowest BCUT2D eigenvalue weighted by molar-refractivity contribution is 0.168. The SMILES string of the molecule is CC(c1c(F)cccc1F)N1CCCCC1. The van der Waals surface area contributed by atoms with Gasteiger partial charge in [0.05, 0.1) is 0 Å². The molecule has 0 amide bonds. The summed E-state index contributed by atoms with van der Waals surface area (Å²) in [5, 5.41) is 0. The van der Waals surface area contributed by atoms with Crippen LogP contribution in [0.3, 0.4) is 0 Å². The molecule has 0 N–H and O–H groups in total. The van der Waals surface area contributed by atoms with Gasteiger partial charge in [0.1, 0.15) is 11.6 Å². The lowest BCUT2D eigenvalue weighted by atomic mass is 10.0. The van der Waals surface area contributed by atoms with Crippen molar-refractivity contribution in [1.29, 1.82) is 0 Å². The van der Waals surface area contributed by atoms with Gasteiger partial charge in [-0.1, -0.05) is 12.5 Å². The van der Waals surface area contributed by atoms with Crippen molar-refractivity contribution in [3.8, 4) is 0 Å². The van der Waals surface area contributed by atoms with Gasteiger partial charge in [-0.25, -0.2) is 8.78 Å². The second kappa shape index (κ2) is 4.91. The van der Waals surface area contributed by atoms with Crippen LogP contribution in [-0.2, 0) is 0 Å². The van der Waals surface area contributed by atoms with Gasteiger partial charge in [0, 0.05) is 11.6 Å². The summed E-state index contributed by atoms with van der Waals surface area (Å²) in [5.41, 5.74) is 0.212. The molecule has 0 aromatic heterocycles. The number of halogens is 2. The number of benzene rings is 1. The largest absolute Gasteiger partial charge is 0.296 e. The summed E-state index contributed by atoms with van der Waals surface area (Å²) in [5.74, 6) is -0.865. The maximum atomic E-state index is 13.6. The summed E-state index contributed by atoms with van der Waals surface area (Å²) in [6, 6.07) is 3.91. The van der Waals surface area contributed by atoms with Crippen molar-refractivity contribution < 1.29 is 8.78 Å². The fourth-order valence-corrected chi connectivity index (χ4v) is 2.40. The van der Waals surface area contributed by atoms with E-state index in [-0.39, 0.29) is 11.6 Å². The molecule has 0 saturated carbocycles. The number of piperidine rings is 1. The van der Waals surface area contributed by atoms with Gasteiger partial charge < -0.3 is 0 Å². The van der Waals surface area contributed by atoms with E-state index in [0.29, 0.717) is 0 Å². The van der Waals surface area contributed by atoms with Crippen molar-refractivity contribution in [2.24, 2.45) is 0 Å². The highest BCUT2D eigenvalue weighted by Crippen LogP contribution is 2.27. The Kier molecular flexibility index (Phi) is 3.54. The van der Waals surface area contributed by atoms with E-state index in [1.54, 1.807) is 0 Å². The number of hydrogen-bond acceptors (Lipinski definition) is 1. The quantitative estimate of drug-likeness (QED) is 0.744. The Balaban J connectivity index is 2.22. The van der Waals surface area contributed by atoms with E-state index in [1.165, 1.54) is 24.6 Å². The Bertz CT molecular complexity index is 339. The third-order valence-electron chi connectivity index (χ3n) is 3.36. The highest BCUT2D eigenvalue weighted by atomic mass is 19.1. The standard InChI is InChI=1S/C13H17F2N/c1-10(16-8-3-2-4-9-16)13-11(14)6-5-7-12(13)15/h5-7,10H,2-4,8-9H2,1H3. The van der Waals surface area contributed by atoms with Gasteiger partial charge in [-0.2, -0.15) is 0 Å². The van der Waals surface area contributed by atoms with E-state index >= 15 is 0 Å². The molecular weight excluding hydrogens is 208 g/mol. The predicted octanol–water partition coefficient (Wildman–Crippen LogP) is 3.51. The average molecular weight is 225 g/mol. The maximum absolute atomic E-state index is 13.6. The fourth-order valence-electron chi connectivity index (χ4n) is 2.40. The summed E-state index contributed by atoms with van der Waals surface area (Å²) in [4.78, 5) is 2.16. The van der Waals surface area contributed by atoms with E-state index in [4.69, 9.17) is 0 Å².